The fourth-order valence-electron chi connectivity index (χ4n) is 1.49. The van der Waals surface area contributed by atoms with E-state index in [1.54, 1.807) is 35.2 Å². The lowest BCUT2D eigenvalue weighted by molar-refractivity contribution is 0.0953. The van der Waals surface area contributed by atoms with Crippen LogP contribution >= 0.6 is 11.6 Å². The molecule has 1 aromatic heterocycles. The second-order valence-corrected chi connectivity index (χ2v) is 3.66. The van der Waals surface area contributed by atoms with Crippen molar-refractivity contribution in [3.63, 3.8) is 0 Å². The minimum absolute atomic E-state index is 0.333. The van der Waals surface area contributed by atoms with Crippen molar-refractivity contribution in [2.24, 2.45) is 5.84 Å². The molecule has 0 saturated carbocycles. The summed E-state index contributed by atoms with van der Waals surface area (Å²) in [6.45, 7) is 0. The van der Waals surface area contributed by atoms with Crippen LogP contribution in [0.4, 0.5) is 0 Å². The van der Waals surface area contributed by atoms with E-state index in [0.29, 0.717) is 10.6 Å². The normalized spacial score (nSPS) is 10.1. The Labute approximate surface area is 97.6 Å². The highest BCUT2D eigenvalue weighted by Gasteiger charge is 2.10. The lowest BCUT2D eigenvalue weighted by atomic mass is 10.1. The largest absolute Gasteiger partial charge is 0.322 e. The maximum atomic E-state index is 11.5. The van der Waals surface area contributed by atoms with Gasteiger partial charge < -0.3 is 4.57 Å². The van der Waals surface area contributed by atoms with Crippen LogP contribution in [0.1, 0.15) is 10.4 Å². The summed E-state index contributed by atoms with van der Waals surface area (Å²) >= 11 is 5.83. The van der Waals surface area contributed by atoms with E-state index in [9.17, 15) is 4.79 Å². The Kier molecular flexibility index (Phi) is 2.94. The van der Waals surface area contributed by atoms with Gasteiger partial charge in [-0.2, -0.15) is 0 Å². The molecule has 3 N–H and O–H groups in total. The Bertz CT molecular complexity index is 521. The van der Waals surface area contributed by atoms with Crippen LogP contribution in [-0.4, -0.2) is 10.5 Å². The molecule has 0 bridgehead atoms. The van der Waals surface area contributed by atoms with Crippen LogP contribution in [-0.2, 0) is 0 Å². The van der Waals surface area contributed by atoms with Crippen LogP contribution in [0.15, 0.2) is 42.7 Å². The molecule has 0 unspecified atom stereocenters. The fraction of sp³-hybridized carbons (Fsp3) is 0. The second kappa shape index (κ2) is 4.38. The topological polar surface area (TPSA) is 60.0 Å². The minimum atomic E-state index is -0.333. The molecule has 5 heteroatoms. The fourth-order valence-corrected chi connectivity index (χ4v) is 1.65. The smallest absolute Gasteiger partial charge is 0.267 e. The van der Waals surface area contributed by atoms with Gasteiger partial charge in [-0.3, -0.25) is 10.2 Å². The van der Waals surface area contributed by atoms with E-state index >= 15 is 0 Å². The number of hydrogen-bond donors (Lipinski definition) is 2. The van der Waals surface area contributed by atoms with Crippen LogP contribution in [0.25, 0.3) is 5.69 Å². The first-order valence-electron chi connectivity index (χ1n) is 4.66. The Morgan fingerprint density at radius 3 is 2.69 bits per heavy atom. The highest BCUT2D eigenvalue weighted by molar-refractivity contribution is 6.30. The standard InChI is InChI=1S/C11H10ClN3O/c12-8-5-6-15(7-8)10-4-2-1-3-9(10)11(16)14-13/h1-7H,13H2,(H,14,16). The molecule has 0 aliphatic carbocycles. The zero-order valence-corrected chi connectivity index (χ0v) is 9.11. The number of para-hydroxylation sites is 1. The Hall–Kier alpha value is -1.78. The maximum Gasteiger partial charge on any atom is 0.267 e. The number of benzene rings is 1. The van der Waals surface area contributed by atoms with Gasteiger partial charge in [0.15, 0.2) is 0 Å². The van der Waals surface area contributed by atoms with E-state index in [1.165, 1.54) is 0 Å². The third-order valence-corrected chi connectivity index (χ3v) is 2.44. The zero-order chi connectivity index (χ0) is 11.5. The molecule has 1 heterocycles. The summed E-state index contributed by atoms with van der Waals surface area (Å²) < 4.78 is 1.77. The molecule has 0 saturated heterocycles. The summed E-state index contributed by atoms with van der Waals surface area (Å²) in [6, 6.07) is 8.89. The zero-order valence-electron chi connectivity index (χ0n) is 8.35. The average Bonchev–Trinajstić information content (AvgIpc) is 2.75. The van der Waals surface area contributed by atoms with E-state index in [0.717, 1.165) is 5.69 Å². The van der Waals surface area contributed by atoms with Gasteiger partial charge in [0.1, 0.15) is 0 Å². The summed E-state index contributed by atoms with van der Waals surface area (Å²) in [7, 11) is 0. The highest BCUT2D eigenvalue weighted by atomic mass is 35.5. The molecule has 0 spiro atoms. The van der Waals surface area contributed by atoms with Crippen molar-refractivity contribution in [2.45, 2.75) is 0 Å². The molecule has 0 aliphatic heterocycles. The van der Waals surface area contributed by atoms with Gasteiger partial charge in [-0.25, -0.2) is 5.84 Å². The molecule has 0 aliphatic rings. The van der Waals surface area contributed by atoms with Gasteiger partial charge >= 0.3 is 0 Å². The number of hydrogen-bond acceptors (Lipinski definition) is 2. The third kappa shape index (κ3) is 1.93. The first-order chi connectivity index (χ1) is 7.72. The SMILES string of the molecule is NNC(=O)c1ccccc1-n1ccc(Cl)c1. The van der Waals surface area contributed by atoms with Gasteiger partial charge in [-0.05, 0) is 18.2 Å². The number of amides is 1. The van der Waals surface area contributed by atoms with Crippen LogP contribution in [0, 0.1) is 0 Å². The summed E-state index contributed by atoms with van der Waals surface area (Å²) in [5, 5.41) is 0.614. The summed E-state index contributed by atoms with van der Waals surface area (Å²) in [5.41, 5.74) is 3.34. The number of halogens is 1. The molecule has 1 aromatic carbocycles. The molecular weight excluding hydrogens is 226 g/mol. The lowest BCUT2D eigenvalue weighted by Crippen LogP contribution is -2.30. The first kappa shape index (κ1) is 10.7. The predicted molar refractivity (Wildman–Crippen MR) is 62.4 cm³/mol. The van der Waals surface area contributed by atoms with Gasteiger partial charge in [0.2, 0.25) is 0 Å². The van der Waals surface area contributed by atoms with Crippen molar-refractivity contribution in [3.05, 3.63) is 53.3 Å². The van der Waals surface area contributed by atoms with Crippen LogP contribution in [0.3, 0.4) is 0 Å². The molecule has 1 amide bonds. The van der Waals surface area contributed by atoms with Crippen LogP contribution < -0.4 is 11.3 Å². The van der Waals surface area contributed by atoms with Crippen LogP contribution in [0.2, 0.25) is 5.02 Å². The van der Waals surface area contributed by atoms with Crippen LogP contribution in [0.5, 0.6) is 0 Å². The molecule has 4 nitrogen and oxygen atoms in total. The minimum Gasteiger partial charge on any atom is -0.322 e. The number of nitrogens with one attached hydrogen (secondary N) is 1. The average molecular weight is 236 g/mol. The molecule has 2 rings (SSSR count). The number of hydrazine groups is 1. The second-order valence-electron chi connectivity index (χ2n) is 3.23. The van der Waals surface area contributed by atoms with E-state index in [-0.39, 0.29) is 5.91 Å². The predicted octanol–water partition coefficient (Wildman–Crippen LogP) is 1.73. The van der Waals surface area contributed by atoms with Crippen molar-refractivity contribution >= 4 is 17.5 Å². The maximum absolute atomic E-state index is 11.5. The number of rotatable bonds is 2. The lowest BCUT2D eigenvalue weighted by Gasteiger charge is -2.08. The highest BCUT2D eigenvalue weighted by Crippen LogP contribution is 2.18. The van der Waals surface area contributed by atoms with Crippen molar-refractivity contribution < 1.29 is 4.79 Å². The van der Waals surface area contributed by atoms with Crippen molar-refractivity contribution in [2.75, 3.05) is 0 Å². The summed E-state index contributed by atoms with van der Waals surface area (Å²) in [5.74, 6) is 4.79. The van der Waals surface area contributed by atoms with Gasteiger partial charge in [0, 0.05) is 12.4 Å². The molecule has 0 fully saturated rings. The van der Waals surface area contributed by atoms with E-state index in [4.69, 9.17) is 17.4 Å². The van der Waals surface area contributed by atoms with Crippen molar-refractivity contribution in [3.8, 4) is 5.69 Å². The van der Waals surface area contributed by atoms with Gasteiger partial charge in [0.05, 0.1) is 16.3 Å². The number of aromatic nitrogens is 1. The molecule has 0 atom stereocenters. The van der Waals surface area contributed by atoms with E-state index in [1.807, 2.05) is 12.1 Å². The molecular formula is C11H10ClN3O. The monoisotopic (exact) mass is 235 g/mol. The van der Waals surface area contributed by atoms with Crippen molar-refractivity contribution in [1.29, 1.82) is 0 Å². The van der Waals surface area contributed by atoms with Gasteiger partial charge in [-0.15, -0.1) is 0 Å². The number of nitrogens with zero attached hydrogens (tertiary/aromatic N) is 1. The van der Waals surface area contributed by atoms with Gasteiger partial charge in [-0.1, -0.05) is 23.7 Å². The number of carbonyl (C=O) groups excluding carboxylic acids is 1. The Morgan fingerprint density at radius 2 is 2.06 bits per heavy atom. The summed E-state index contributed by atoms with van der Waals surface area (Å²) in [4.78, 5) is 11.5. The first-order valence-corrected chi connectivity index (χ1v) is 5.04. The Balaban J connectivity index is 2.52. The molecule has 82 valence electrons. The number of carbonyl (C=O) groups is 1. The molecule has 0 radical (unpaired) electrons. The van der Waals surface area contributed by atoms with E-state index < -0.39 is 0 Å². The number of nitrogens with two attached hydrogens (primary N) is 1. The Morgan fingerprint density at radius 1 is 1.31 bits per heavy atom. The number of nitrogen functional groups attached to an aromatic ring is 1. The van der Waals surface area contributed by atoms with Gasteiger partial charge in [0.25, 0.3) is 5.91 Å². The van der Waals surface area contributed by atoms with Crippen molar-refractivity contribution in [1.82, 2.24) is 9.99 Å². The molecule has 2 aromatic rings. The van der Waals surface area contributed by atoms with E-state index in [2.05, 4.69) is 5.43 Å². The summed E-state index contributed by atoms with van der Waals surface area (Å²) in [6.07, 6.45) is 3.51. The third-order valence-electron chi connectivity index (χ3n) is 2.21. The molecule has 16 heavy (non-hydrogen) atoms. The quantitative estimate of drug-likeness (QED) is 0.473.